The van der Waals surface area contributed by atoms with Gasteiger partial charge in [-0.2, -0.15) is 5.10 Å². The summed E-state index contributed by atoms with van der Waals surface area (Å²) in [6.07, 6.45) is 1.68. The molecule has 4 rings (SSSR count). The number of aliphatic hydroxyl groups is 1. The minimum atomic E-state index is -0.644. The minimum Gasteiger partial charge on any atom is -0.389 e. The Balaban J connectivity index is 1.59. The summed E-state index contributed by atoms with van der Waals surface area (Å²) in [4.78, 5) is 6.85. The molecule has 3 saturated heterocycles. The number of hydrogen-bond acceptors (Lipinski definition) is 6. The molecule has 0 amide bonds. The maximum Gasteiger partial charge on any atom is 0.164 e. The number of likely N-dealkylation sites (tertiary alicyclic amines) is 1. The van der Waals surface area contributed by atoms with Crippen LogP contribution in [0, 0.1) is 18.8 Å². The molecular formula is C15H24N4O3. The molecule has 4 atom stereocenters. The van der Waals surface area contributed by atoms with Gasteiger partial charge in [-0.1, -0.05) is 0 Å². The Morgan fingerprint density at radius 3 is 3.05 bits per heavy atom. The molecule has 2 N–H and O–H groups in total. The lowest BCUT2D eigenvalue weighted by Gasteiger charge is -2.57. The molecule has 0 aromatic carbocycles. The summed E-state index contributed by atoms with van der Waals surface area (Å²) in [6, 6.07) is 0.340. The number of nitrogens with zero attached hydrogens (tertiary/aromatic N) is 3. The van der Waals surface area contributed by atoms with Gasteiger partial charge in [0, 0.05) is 44.1 Å². The van der Waals surface area contributed by atoms with Gasteiger partial charge in [0.25, 0.3) is 0 Å². The molecule has 0 unspecified atom stereocenters. The van der Waals surface area contributed by atoms with Crippen LogP contribution in [0.1, 0.15) is 24.5 Å². The van der Waals surface area contributed by atoms with Crippen molar-refractivity contribution in [3.8, 4) is 0 Å². The third-order valence-corrected chi connectivity index (χ3v) is 5.55. The quantitative estimate of drug-likeness (QED) is 0.806. The number of hydrogen-bond donors (Lipinski definition) is 2. The number of aryl methyl sites for hydroxylation is 1. The lowest BCUT2D eigenvalue weighted by Crippen LogP contribution is -2.67. The molecule has 1 aromatic heterocycles. The number of ether oxygens (including phenoxy) is 2. The second kappa shape index (κ2) is 5.56. The Morgan fingerprint density at radius 2 is 2.23 bits per heavy atom. The zero-order valence-corrected chi connectivity index (χ0v) is 13.0. The molecule has 3 fully saturated rings. The van der Waals surface area contributed by atoms with Crippen molar-refractivity contribution in [2.45, 2.75) is 38.0 Å². The topological polar surface area (TPSA) is 83.5 Å². The van der Waals surface area contributed by atoms with Crippen LogP contribution in [-0.2, 0) is 16.0 Å². The minimum absolute atomic E-state index is 0.143. The van der Waals surface area contributed by atoms with Crippen molar-refractivity contribution >= 4 is 0 Å². The third-order valence-electron chi connectivity index (χ3n) is 5.55. The molecule has 0 saturated carbocycles. The van der Waals surface area contributed by atoms with Crippen molar-refractivity contribution in [3.63, 3.8) is 0 Å². The zero-order valence-electron chi connectivity index (χ0n) is 13.0. The summed E-state index contributed by atoms with van der Waals surface area (Å²) in [5.41, 5.74) is -0.644. The SMILES string of the molecule is Cc1nc(CN2C[C@@H]3COCC[C@]3(O)[C@H]3COCC[C@H]32)n[nH]1. The van der Waals surface area contributed by atoms with Gasteiger partial charge in [0.2, 0.25) is 0 Å². The van der Waals surface area contributed by atoms with E-state index in [2.05, 4.69) is 20.1 Å². The van der Waals surface area contributed by atoms with Gasteiger partial charge in [0.05, 0.1) is 25.4 Å². The molecule has 7 heteroatoms. The number of aromatic amines is 1. The van der Waals surface area contributed by atoms with Crippen molar-refractivity contribution in [2.24, 2.45) is 11.8 Å². The van der Waals surface area contributed by atoms with E-state index in [1.54, 1.807) is 0 Å². The van der Waals surface area contributed by atoms with Gasteiger partial charge < -0.3 is 14.6 Å². The van der Waals surface area contributed by atoms with Gasteiger partial charge in [0.1, 0.15) is 5.82 Å². The highest BCUT2D eigenvalue weighted by Gasteiger charge is 2.55. The molecule has 0 bridgehead atoms. The first-order valence-corrected chi connectivity index (χ1v) is 8.16. The number of aromatic nitrogens is 3. The number of piperidine rings is 1. The predicted octanol–water partition coefficient (Wildman–Crippen LogP) is 0.101. The first kappa shape index (κ1) is 14.6. The molecule has 4 heterocycles. The van der Waals surface area contributed by atoms with E-state index in [0.717, 1.165) is 44.2 Å². The lowest BCUT2D eigenvalue weighted by atomic mass is 9.66. The third kappa shape index (κ3) is 2.36. The highest BCUT2D eigenvalue weighted by atomic mass is 16.5. The van der Waals surface area contributed by atoms with Crippen molar-refractivity contribution < 1.29 is 14.6 Å². The normalized spacial score (nSPS) is 39.3. The van der Waals surface area contributed by atoms with Crippen molar-refractivity contribution in [1.82, 2.24) is 20.1 Å². The van der Waals surface area contributed by atoms with E-state index < -0.39 is 5.60 Å². The van der Waals surface area contributed by atoms with Crippen LogP contribution in [0.4, 0.5) is 0 Å². The Hall–Kier alpha value is -1.02. The highest BCUT2D eigenvalue weighted by Crippen LogP contribution is 2.44. The molecule has 1 aromatic rings. The van der Waals surface area contributed by atoms with Gasteiger partial charge in [-0.25, -0.2) is 4.98 Å². The second-order valence-electron chi connectivity index (χ2n) is 6.82. The van der Waals surface area contributed by atoms with Crippen LogP contribution in [0.15, 0.2) is 0 Å². The van der Waals surface area contributed by atoms with Crippen LogP contribution in [0.25, 0.3) is 0 Å². The van der Waals surface area contributed by atoms with Crippen LogP contribution in [-0.4, -0.2) is 69.8 Å². The van der Waals surface area contributed by atoms with Crippen molar-refractivity contribution in [3.05, 3.63) is 11.6 Å². The summed E-state index contributed by atoms with van der Waals surface area (Å²) < 4.78 is 11.3. The first-order chi connectivity index (χ1) is 10.7. The lowest BCUT2D eigenvalue weighted by molar-refractivity contribution is -0.221. The summed E-state index contributed by atoms with van der Waals surface area (Å²) in [5.74, 6) is 1.96. The molecule has 0 aliphatic carbocycles. The van der Waals surface area contributed by atoms with Gasteiger partial charge >= 0.3 is 0 Å². The zero-order chi connectivity index (χ0) is 15.2. The fourth-order valence-corrected chi connectivity index (χ4v) is 4.39. The molecule has 122 valence electrons. The maximum atomic E-state index is 11.3. The molecular weight excluding hydrogens is 284 g/mol. The fourth-order valence-electron chi connectivity index (χ4n) is 4.39. The Morgan fingerprint density at radius 1 is 1.36 bits per heavy atom. The molecule has 3 aliphatic rings. The van der Waals surface area contributed by atoms with Crippen LogP contribution >= 0.6 is 0 Å². The number of H-pyrrole nitrogens is 1. The number of nitrogens with one attached hydrogen (secondary N) is 1. The van der Waals surface area contributed by atoms with E-state index in [4.69, 9.17) is 9.47 Å². The van der Waals surface area contributed by atoms with E-state index in [0.29, 0.717) is 25.9 Å². The van der Waals surface area contributed by atoms with E-state index in [9.17, 15) is 5.11 Å². The van der Waals surface area contributed by atoms with Gasteiger partial charge in [-0.15, -0.1) is 0 Å². The van der Waals surface area contributed by atoms with Gasteiger partial charge in [0.15, 0.2) is 5.82 Å². The van der Waals surface area contributed by atoms with E-state index >= 15 is 0 Å². The number of fused-ring (bicyclic) bond motifs is 3. The fraction of sp³-hybridized carbons (Fsp3) is 0.867. The molecule has 3 aliphatic heterocycles. The number of rotatable bonds is 2. The average Bonchev–Trinajstić information content (AvgIpc) is 2.94. The molecule has 7 nitrogen and oxygen atoms in total. The second-order valence-corrected chi connectivity index (χ2v) is 6.82. The smallest absolute Gasteiger partial charge is 0.164 e. The standard InChI is InChI=1S/C15H24N4O3/c1-10-16-14(18-17-10)7-19-6-11-8-22-5-3-15(11,20)12-9-21-4-2-13(12)19/h11-13,20H,2-9H2,1H3,(H,16,17,18)/t11-,12+,13-,15-/m1/s1. The van der Waals surface area contributed by atoms with Crippen LogP contribution in [0.2, 0.25) is 0 Å². The van der Waals surface area contributed by atoms with Gasteiger partial charge in [-0.05, 0) is 13.3 Å². The predicted molar refractivity (Wildman–Crippen MR) is 78.1 cm³/mol. The first-order valence-electron chi connectivity index (χ1n) is 8.16. The summed E-state index contributed by atoms with van der Waals surface area (Å²) in [6.45, 7) is 6.16. The Kier molecular flexibility index (Phi) is 3.68. The van der Waals surface area contributed by atoms with E-state index in [1.807, 2.05) is 6.92 Å². The van der Waals surface area contributed by atoms with Crippen LogP contribution < -0.4 is 0 Å². The van der Waals surface area contributed by atoms with Crippen molar-refractivity contribution in [1.29, 1.82) is 0 Å². The largest absolute Gasteiger partial charge is 0.389 e. The van der Waals surface area contributed by atoms with Crippen LogP contribution in [0.5, 0.6) is 0 Å². The highest BCUT2D eigenvalue weighted by molar-refractivity contribution is 5.06. The summed E-state index contributed by atoms with van der Waals surface area (Å²) >= 11 is 0. The molecule has 0 radical (unpaired) electrons. The average molecular weight is 308 g/mol. The molecule has 22 heavy (non-hydrogen) atoms. The van der Waals surface area contributed by atoms with Gasteiger partial charge in [-0.3, -0.25) is 10.00 Å². The molecule has 0 spiro atoms. The van der Waals surface area contributed by atoms with E-state index in [1.165, 1.54) is 0 Å². The maximum absolute atomic E-state index is 11.3. The van der Waals surface area contributed by atoms with Crippen LogP contribution in [0.3, 0.4) is 0 Å². The summed E-state index contributed by atoms with van der Waals surface area (Å²) in [7, 11) is 0. The van der Waals surface area contributed by atoms with Crippen molar-refractivity contribution in [2.75, 3.05) is 33.0 Å². The monoisotopic (exact) mass is 308 g/mol. The Bertz CT molecular complexity index is 537. The summed E-state index contributed by atoms with van der Waals surface area (Å²) in [5, 5.41) is 18.4. The van der Waals surface area contributed by atoms with E-state index in [-0.39, 0.29) is 11.8 Å². The Labute approximate surface area is 130 Å².